The van der Waals surface area contributed by atoms with Crippen LogP contribution in [0.4, 0.5) is 26.3 Å². The molecule has 116 valence electrons. The molecular weight excluding hydrogens is 306 g/mol. The monoisotopic (exact) mass is 313 g/mol. The molecule has 1 aromatic rings. The molecule has 3 nitrogen and oxygen atoms in total. The van der Waals surface area contributed by atoms with Crippen LogP contribution in [0.5, 0.6) is 5.75 Å². The molecule has 0 N–H and O–H groups in total. The summed E-state index contributed by atoms with van der Waals surface area (Å²) in [6.45, 7) is 0. The Morgan fingerprint density at radius 1 is 1.14 bits per heavy atom. The molecule has 0 bridgehead atoms. The molecule has 0 aromatic heterocycles. The van der Waals surface area contributed by atoms with Gasteiger partial charge in [-0.1, -0.05) is 18.2 Å². The summed E-state index contributed by atoms with van der Waals surface area (Å²) in [7, 11) is 0. The number of halogens is 6. The van der Waals surface area contributed by atoms with E-state index in [1.165, 1.54) is 0 Å². The van der Waals surface area contributed by atoms with E-state index in [0.29, 0.717) is 6.08 Å². The minimum atomic E-state index is -5.76. The van der Waals surface area contributed by atoms with Gasteiger partial charge in [-0.2, -0.15) is 22.0 Å². The molecule has 0 aliphatic rings. The zero-order chi connectivity index (χ0) is 16.3. The summed E-state index contributed by atoms with van der Waals surface area (Å²) < 4.78 is 77.8. The molecule has 1 rings (SSSR count). The van der Waals surface area contributed by atoms with Gasteiger partial charge in [0.15, 0.2) is 0 Å². The third-order valence-corrected chi connectivity index (χ3v) is 2.13. The van der Waals surface area contributed by atoms with Gasteiger partial charge in [0.25, 0.3) is 6.17 Å². The number of carboxylic acids is 1. The Balaban J connectivity index is 2.82. The van der Waals surface area contributed by atoms with Crippen LogP contribution in [0.3, 0.4) is 0 Å². The van der Waals surface area contributed by atoms with Crippen LogP contribution in [0.25, 0.3) is 6.08 Å². The van der Waals surface area contributed by atoms with E-state index in [2.05, 4.69) is 4.74 Å². The molecule has 0 heterocycles. The molecule has 0 amide bonds. The first kappa shape index (κ1) is 16.9. The van der Waals surface area contributed by atoms with Crippen LogP contribution in [0.1, 0.15) is 5.56 Å². The zero-order valence-corrected chi connectivity index (χ0v) is 10.0. The third kappa shape index (κ3) is 5.01. The Morgan fingerprint density at radius 3 is 2.10 bits per heavy atom. The van der Waals surface area contributed by atoms with E-state index in [1.54, 1.807) is 0 Å². The lowest BCUT2D eigenvalue weighted by Gasteiger charge is -2.23. The van der Waals surface area contributed by atoms with Gasteiger partial charge in [0, 0.05) is 0 Å². The molecule has 1 aromatic carbocycles. The van der Waals surface area contributed by atoms with E-state index in [9.17, 15) is 36.2 Å². The SMILES string of the molecule is O=C([O-])/C=C/c1ccc(OC(F)(F)[C@@H](F)C(F)(F)F)cc1. The van der Waals surface area contributed by atoms with Gasteiger partial charge in [0.2, 0.25) is 0 Å². The largest absolute Gasteiger partial charge is 0.545 e. The molecule has 0 saturated heterocycles. The summed E-state index contributed by atoms with van der Waals surface area (Å²) in [5.41, 5.74) is 0.238. The Bertz CT molecular complexity index is 521. The standard InChI is InChI=1S/C12H8F6O3/c13-10(11(14,15)16)12(17,18)21-8-4-1-7(2-5-8)3-6-9(19)20/h1-6,10H,(H,19,20)/p-1/b6-3+/t10-/m0/s1. The maximum absolute atomic E-state index is 12.9. The molecule has 21 heavy (non-hydrogen) atoms. The van der Waals surface area contributed by atoms with Gasteiger partial charge < -0.3 is 14.6 Å². The van der Waals surface area contributed by atoms with Crippen molar-refractivity contribution >= 4 is 12.0 Å². The van der Waals surface area contributed by atoms with Crippen molar-refractivity contribution in [2.45, 2.75) is 18.5 Å². The van der Waals surface area contributed by atoms with E-state index in [0.717, 1.165) is 30.3 Å². The number of ether oxygens (including phenoxy) is 1. The Hall–Kier alpha value is -2.19. The molecule has 1 atom stereocenters. The van der Waals surface area contributed by atoms with E-state index in [-0.39, 0.29) is 5.56 Å². The molecule has 0 unspecified atom stereocenters. The van der Waals surface area contributed by atoms with Crippen LogP contribution in [-0.2, 0) is 4.79 Å². The first-order valence-electron chi connectivity index (χ1n) is 5.29. The first-order chi connectivity index (χ1) is 9.52. The van der Waals surface area contributed by atoms with E-state index < -0.39 is 30.2 Å². The molecule has 9 heteroatoms. The van der Waals surface area contributed by atoms with Gasteiger partial charge in [0.1, 0.15) is 5.75 Å². The fraction of sp³-hybridized carbons (Fsp3) is 0.250. The van der Waals surface area contributed by atoms with Crippen LogP contribution in [0.2, 0.25) is 0 Å². The predicted octanol–water partition coefficient (Wildman–Crippen LogP) is 2.32. The van der Waals surface area contributed by atoms with Crippen LogP contribution >= 0.6 is 0 Å². The quantitative estimate of drug-likeness (QED) is 0.619. The van der Waals surface area contributed by atoms with Crippen molar-refractivity contribution in [2.24, 2.45) is 0 Å². The lowest BCUT2D eigenvalue weighted by molar-refractivity contribution is -0.305. The summed E-state index contributed by atoms with van der Waals surface area (Å²) in [5, 5.41) is 10.1. The molecule has 0 fully saturated rings. The highest BCUT2D eigenvalue weighted by Crippen LogP contribution is 2.36. The molecule has 0 aliphatic heterocycles. The van der Waals surface area contributed by atoms with E-state index in [4.69, 9.17) is 0 Å². The normalized spacial score (nSPS) is 14.2. The van der Waals surface area contributed by atoms with Gasteiger partial charge in [-0.05, 0) is 23.8 Å². The summed E-state index contributed by atoms with van der Waals surface area (Å²) in [4.78, 5) is 10.1. The van der Waals surface area contributed by atoms with Gasteiger partial charge in [-0.25, -0.2) is 4.39 Å². The molecule has 0 saturated carbocycles. The Morgan fingerprint density at radius 2 is 1.67 bits per heavy atom. The van der Waals surface area contributed by atoms with Crippen molar-refractivity contribution in [1.82, 2.24) is 0 Å². The fourth-order valence-corrected chi connectivity index (χ4v) is 1.21. The van der Waals surface area contributed by atoms with E-state index in [1.807, 2.05) is 0 Å². The van der Waals surface area contributed by atoms with Crippen LogP contribution in [-0.4, -0.2) is 24.4 Å². The number of rotatable bonds is 5. The number of carbonyl (C=O) groups is 1. The maximum Gasteiger partial charge on any atom is 0.439 e. The van der Waals surface area contributed by atoms with Crippen LogP contribution < -0.4 is 9.84 Å². The van der Waals surface area contributed by atoms with Crippen molar-refractivity contribution in [1.29, 1.82) is 0 Å². The van der Waals surface area contributed by atoms with Crippen molar-refractivity contribution in [3.63, 3.8) is 0 Å². The maximum atomic E-state index is 12.9. The number of hydrogen-bond donors (Lipinski definition) is 0. The lowest BCUT2D eigenvalue weighted by atomic mass is 10.2. The molecule has 0 radical (unpaired) electrons. The first-order valence-corrected chi connectivity index (χ1v) is 5.29. The average molecular weight is 313 g/mol. The van der Waals surface area contributed by atoms with Gasteiger partial charge in [-0.15, -0.1) is 0 Å². The van der Waals surface area contributed by atoms with Crippen LogP contribution in [0, 0.1) is 0 Å². The number of carbonyl (C=O) groups excluding carboxylic acids is 1. The highest BCUT2D eigenvalue weighted by atomic mass is 19.4. The topological polar surface area (TPSA) is 49.4 Å². The second-order valence-corrected chi connectivity index (χ2v) is 3.79. The van der Waals surface area contributed by atoms with Gasteiger partial charge >= 0.3 is 12.3 Å². The summed E-state index contributed by atoms with van der Waals surface area (Å²) in [5.74, 6) is -2.20. The second-order valence-electron chi connectivity index (χ2n) is 3.79. The molecule has 0 aliphatic carbocycles. The van der Waals surface area contributed by atoms with Crippen molar-refractivity contribution in [3.05, 3.63) is 35.9 Å². The summed E-state index contributed by atoms with van der Waals surface area (Å²) >= 11 is 0. The minimum absolute atomic E-state index is 0.238. The predicted molar refractivity (Wildman–Crippen MR) is 57.0 cm³/mol. The fourth-order valence-electron chi connectivity index (χ4n) is 1.21. The van der Waals surface area contributed by atoms with Crippen molar-refractivity contribution in [2.75, 3.05) is 0 Å². The van der Waals surface area contributed by atoms with E-state index >= 15 is 0 Å². The molecule has 0 spiro atoms. The Kier molecular flexibility index (Phi) is 4.87. The number of benzene rings is 1. The number of alkyl halides is 6. The second kappa shape index (κ2) is 6.06. The highest BCUT2D eigenvalue weighted by molar-refractivity contribution is 5.83. The summed E-state index contributed by atoms with van der Waals surface area (Å²) in [6.07, 6.45) is -13.6. The number of carboxylic acid groups (broad SMARTS) is 1. The van der Waals surface area contributed by atoms with Crippen LogP contribution in [0.15, 0.2) is 30.3 Å². The average Bonchev–Trinajstić information content (AvgIpc) is 2.35. The summed E-state index contributed by atoms with van der Waals surface area (Å²) in [6, 6.07) is 3.86. The number of hydrogen-bond acceptors (Lipinski definition) is 3. The minimum Gasteiger partial charge on any atom is -0.545 e. The highest BCUT2D eigenvalue weighted by Gasteiger charge is 2.59. The van der Waals surface area contributed by atoms with Gasteiger partial charge in [-0.3, -0.25) is 0 Å². The van der Waals surface area contributed by atoms with Crippen molar-refractivity contribution < 1.29 is 41.0 Å². The zero-order valence-electron chi connectivity index (χ0n) is 10.0. The lowest BCUT2D eigenvalue weighted by Crippen LogP contribution is -2.45. The smallest absolute Gasteiger partial charge is 0.439 e. The molecular formula is C12H7F6O3-. The third-order valence-electron chi connectivity index (χ3n) is 2.13. The van der Waals surface area contributed by atoms with Gasteiger partial charge in [0.05, 0.1) is 5.97 Å². The Labute approximate surface area is 114 Å². The van der Waals surface area contributed by atoms with Crippen molar-refractivity contribution in [3.8, 4) is 5.75 Å². The number of aliphatic carboxylic acids is 1.